The molecule has 2 N–H and O–H groups in total. The first kappa shape index (κ1) is 13.7. The Morgan fingerprint density at radius 2 is 2.16 bits per heavy atom. The summed E-state index contributed by atoms with van der Waals surface area (Å²) in [4.78, 5) is 6.31. The van der Waals surface area contributed by atoms with Crippen LogP contribution in [0.25, 0.3) is 0 Å². The van der Waals surface area contributed by atoms with Crippen LogP contribution < -0.4 is 10.6 Å². The maximum atomic E-state index is 6.01. The van der Waals surface area contributed by atoms with E-state index in [2.05, 4.69) is 23.9 Å². The molecule has 0 aliphatic rings. The Morgan fingerprint density at radius 3 is 2.84 bits per heavy atom. The SMILES string of the molecule is CC(C)n1ncnc1CN(C)c1cc(Cl)ccc1N. The fourth-order valence-corrected chi connectivity index (χ4v) is 2.13. The van der Waals surface area contributed by atoms with Gasteiger partial charge in [-0.3, -0.25) is 0 Å². The van der Waals surface area contributed by atoms with E-state index in [0.717, 1.165) is 11.5 Å². The topological polar surface area (TPSA) is 60.0 Å². The lowest BCUT2D eigenvalue weighted by Gasteiger charge is -2.21. The van der Waals surface area contributed by atoms with E-state index in [4.69, 9.17) is 17.3 Å². The van der Waals surface area contributed by atoms with E-state index in [9.17, 15) is 0 Å². The molecule has 0 saturated carbocycles. The summed E-state index contributed by atoms with van der Waals surface area (Å²) >= 11 is 6.01. The second kappa shape index (κ2) is 5.48. The zero-order valence-corrected chi connectivity index (χ0v) is 12.1. The number of nitrogens with two attached hydrogens (primary N) is 1. The Kier molecular flexibility index (Phi) is 3.95. The molecule has 0 fully saturated rings. The van der Waals surface area contributed by atoms with Crippen LogP contribution >= 0.6 is 11.6 Å². The first-order chi connectivity index (χ1) is 8.99. The number of hydrogen-bond donors (Lipinski definition) is 1. The predicted molar refractivity (Wildman–Crippen MR) is 78.4 cm³/mol. The van der Waals surface area contributed by atoms with Gasteiger partial charge in [0, 0.05) is 18.1 Å². The van der Waals surface area contributed by atoms with Crippen molar-refractivity contribution in [3.8, 4) is 0 Å². The summed E-state index contributed by atoms with van der Waals surface area (Å²) in [6, 6.07) is 5.72. The molecule has 0 aliphatic carbocycles. The van der Waals surface area contributed by atoms with Gasteiger partial charge in [0.25, 0.3) is 0 Å². The van der Waals surface area contributed by atoms with Crippen LogP contribution in [-0.4, -0.2) is 21.8 Å². The number of anilines is 2. The smallest absolute Gasteiger partial charge is 0.146 e. The van der Waals surface area contributed by atoms with Gasteiger partial charge in [-0.05, 0) is 32.0 Å². The first-order valence-electron chi connectivity index (χ1n) is 6.13. The largest absolute Gasteiger partial charge is 0.397 e. The maximum Gasteiger partial charge on any atom is 0.146 e. The second-order valence-electron chi connectivity index (χ2n) is 4.77. The van der Waals surface area contributed by atoms with Crippen molar-refractivity contribution in [2.24, 2.45) is 0 Å². The summed E-state index contributed by atoms with van der Waals surface area (Å²) in [7, 11) is 1.96. The molecule has 0 radical (unpaired) electrons. The minimum atomic E-state index is 0.280. The van der Waals surface area contributed by atoms with Crippen LogP contribution in [-0.2, 0) is 6.54 Å². The van der Waals surface area contributed by atoms with Crippen molar-refractivity contribution in [2.75, 3.05) is 17.7 Å². The summed E-state index contributed by atoms with van der Waals surface area (Å²) in [6.45, 7) is 4.78. The van der Waals surface area contributed by atoms with Crippen molar-refractivity contribution in [3.63, 3.8) is 0 Å². The van der Waals surface area contributed by atoms with Gasteiger partial charge in [0.1, 0.15) is 12.2 Å². The van der Waals surface area contributed by atoms with Crippen molar-refractivity contribution < 1.29 is 0 Å². The third kappa shape index (κ3) is 2.98. The predicted octanol–water partition coefficient (Wildman–Crippen LogP) is 2.73. The zero-order valence-electron chi connectivity index (χ0n) is 11.3. The van der Waals surface area contributed by atoms with Crippen molar-refractivity contribution >= 4 is 23.0 Å². The van der Waals surface area contributed by atoms with Crippen molar-refractivity contribution in [1.29, 1.82) is 0 Å². The molecule has 0 atom stereocenters. The lowest BCUT2D eigenvalue weighted by molar-refractivity contribution is 0.504. The van der Waals surface area contributed by atoms with E-state index < -0.39 is 0 Å². The molecule has 102 valence electrons. The molecule has 6 heteroatoms. The Bertz CT molecular complexity index is 564. The van der Waals surface area contributed by atoms with Crippen LogP contribution in [0.2, 0.25) is 5.02 Å². The number of nitrogen functional groups attached to an aromatic ring is 1. The number of rotatable bonds is 4. The third-order valence-corrected chi connectivity index (χ3v) is 3.15. The Morgan fingerprint density at radius 1 is 1.42 bits per heavy atom. The Hall–Kier alpha value is -1.75. The number of aromatic nitrogens is 3. The van der Waals surface area contributed by atoms with Crippen molar-refractivity contribution in [2.45, 2.75) is 26.4 Å². The highest BCUT2D eigenvalue weighted by Crippen LogP contribution is 2.27. The lowest BCUT2D eigenvalue weighted by Crippen LogP contribution is -2.21. The third-order valence-electron chi connectivity index (χ3n) is 2.92. The average Bonchev–Trinajstić information content (AvgIpc) is 2.80. The molecule has 19 heavy (non-hydrogen) atoms. The van der Waals surface area contributed by atoms with E-state index in [1.54, 1.807) is 18.5 Å². The molecule has 5 nitrogen and oxygen atoms in total. The van der Waals surface area contributed by atoms with E-state index in [-0.39, 0.29) is 6.04 Å². The van der Waals surface area contributed by atoms with Crippen LogP contribution in [0.4, 0.5) is 11.4 Å². The minimum Gasteiger partial charge on any atom is -0.397 e. The highest BCUT2D eigenvalue weighted by molar-refractivity contribution is 6.31. The van der Waals surface area contributed by atoms with Gasteiger partial charge in [-0.25, -0.2) is 9.67 Å². The Labute approximate surface area is 118 Å². The molecule has 2 aromatic rings. The second-order valence-corrected chi connectivity index (χ2v) is 5.21. The van der Waals surface area contributed by atoms with E-state index in [0.29, 0.717) is 17.3 Å². The molecule has 0 bridgehead atoms. The average molecular weight is 280 g/mol. The highest BCUT2D eigenvalue weighted by atomic mass is 35.5. The summed E-state index contributed by atoms with van der Waals surface area (Å²) in [6.07, 6.45) is 1.57. The number of halogens is 1. The first-order valence-corrected chi connectivity index (χ1v) is 6.51. The van der Waals surface area contributed by atoms with Gasteiger partial charge in [0.15, 0.2) is 0 Å². The van der Waals surface area contributed by atoms with Gasteiger partial charge in [0.05, 0.1) is 17.9 Å². The van der Waals surface area contributed by atoms with Gasteiger partial charge < -0.3 is 10.6 Å². The summed E-state index contributed by atoms with van der Waals surface area (Å²) in [5, 5.41) is 4.89. The van der Waals surface area contributed by atoms with Crippen molar-refractivity contribution in [3.05, 3.63) is 35.4 Å². The number of benzene rings is 1. The quantitative estimate of drug-likeness (QED) is 0.874. The maximum absolute atomic E-state index is 6.01. The molecular formula is C13H18ClN5. The molecule has 0 amide bonds. The van der Waals surface area contributed by atoms with Gasteiger partial charge in [-0.15, -0.1) is 0 Å². The molecule has 0 saturated heterocycles. The summed E-state index contributed by atoms with van der Waals surface area (Å²) in [5.41, 5.74) is 7.57. The normalized spacial score (nSPS) is 11.0. The fourth-order valence-electron chi connectivity index (χ4n) is 1.96. The monoisotopic (exact) mass is 279 g/mol. The summed E-state index contributed by atoms with van der Waals surface area (Å²) in [5.74, 6) is 0.900. The number of nitrogens with zero attached hydrogens (tertiary/aromatic N) is 4. The minimum absolute atomic E-state index is 0.280. The number of hydrogen-bond acceptors (Lipinski definition) is 4. The van der Waals surface area contributed by atoms with Gasteiger partial charge in [-0.1, -0.05) is 11.6 Å². The van der Waals surface area contributed by atoms with Crippen LogP contribution in [0, 0.1) is 0 Å². The molecule has 1 aromatic carbocycles. The van der Waals surface area contributed by atoms with Crippen LogP contribution in [0.1, 0.15) is 25.7 Å². The van der Waals surface area contributed by atoms with E-state index in [1.807, 2.05) is 22.7 Å². The molecule has 2 rings (SSSR count). The molecule has 0 spiro atoms. The van der Waals surface area contributed by atoms with Crippen LogP contribution in [0.15, 0.2) is 24.5 Å². The van der Waals surface area contributed by atoms with Gasteiger partial charge in [-0.2, -0.15) is 5.10 Å². The standard InChI is InChI=1S/C13H18ClN5/c1-9(2)19-13(16-8-17-19)7-18(3)12-6-10(14)4-5-11(12)15/h4-6,8-9H,7,15H2,1-3H3. The van der Waals surface area contributed by atoms with E-state index in [1.165, 1.54) is 0 Å². The lowest BCUT2D eigenvalue weighted by atomic mass is 10.2. The van der Waals surface area contributed by atoms with Gasteiger partial charge >= 0.3 is 0 Å². The zero-order chi connectivity index (χ0) is 14.0. The van der Waals surface area contributed by atoms with E-state index >= 15 is 0 Å². The highest BCUT2D eigenvalue weighted by Gasteiger charge is 2.12. The fraction of sp³-hybridized carbons (Fsp3) is 0.385. The Balaban J connectivity index is 2.23. The molecule has 1 aromatic heterocycles. The van der Waals surface area contributed by atoms with Crippen LogP contribution in [0.5, 0.6) is 0 Å². The van der Waals surface area contributed by atoms with Crippen LogP contribution in [0.3, 0.4) is 0 Å². The molecule has 0 unspecified atom stereocenters. The van der Waals surface area contributed by atoms with Gasteiger partial charge in [0.2, 0.25) is 0 Å². The van der Waals surface area contributed by atoms with Crippen molar-refractivity contribution in [1.82, 2.24) is 14.8 Å². The molecule has 1 heterocycles. The molecule has 0 aliphatic heterocycles. The summed E-state index contributed by atoms with van der Waals surface area (Å²) < 4.78 is 1.90. The molecular weight excluding hydrogens is 262 g/mol.